The van der Waals surface area contributed by atoms with Crippen molar-refractivity contribution in [1.82, 2.24) is 0 Å². The molecule has 7 nitrogen and oxygen atoms in total. The van der Waals surface area contributed by atoms with Crippen LogP contribution in [0.3, 0.4) is 0 Å². The Morgan fingerprint density at radius 1 is 1.07 bits per heavy atom. The molecule has 0 heterocycles. The fraction of sp³-hybridized carbons (Fsp3) is 0.0952. The zero-order valence-electron chi connectivity index (χ0n) is 16.4. The van der Waals surface area contributed by atoms with Gasteiger partial charge < -0.3 is 15.2 Å². The van der Waals surface area contributed by atoms with Crippen molar-refractivity contribution in [2.75, 3.05) is 23.8 Å². The SMILES string of the molecule is COc1cccc(C(=N)c2cc(NS(=O)c3ccccc3S(C)(=O)=O)ccc2N)c1. The monoisotopic (exact) mass is 443 g/mol. The maximum Gasteiger partial charge on any atom is 0.176 e. The molecule has 0 fully saturated rings. The molecule has 0 aliphatic heterocycles. The molecular formula is C21H21N3O4S2. The standard InChI is InChI=1S/C21H21N3O4S2/c1-28-16-7-5-6-14(12-16)21(23)17-13-15(10-11-18(17)22)24-29(25)19-8-3-4-9-20(19)30(2,26)27/h3-13,23-24H,22H2,1-2H3. The lowest BCUT2D eigenvalue weighted by Crippen LogP contribution is -2.11. The average molecular weight is 444 g/mol. The Hall–Kier alpha value is -3.17. The number of nitrogens with one attached hydrogen (secondary N) is 2. The van der Waals surface area contributed by atoms with Crippen LogP contribution in [0, 0.1) is 5.41 Å². The summed E-state index contributed by atoms with van der Waals surface area (Å²) in [4.78, 5) is 0.150. The molecule has 0 saturated carbocycles. The number of hydrogen-bond donors (Lipinski definition) is 3. The van der Waals surface area contributed by atoms with E-state index in [2.05, 4.69) is 4.72 Å². The van der Waals surface area contributed by atoms with Crippen molar-refractivity contribution in [2.24, 2.45) is 0 Å². The van der Waals surface area contributed by atoms with Crippen LogP contribution < -0.4 is 15.2 Å². The Bertz CT molecular complexity index is 1240. The highest BCUT2D eigenvalue weighted by molar-refractivity contribution is 7.92. The zero-order valence-corrected chi connectivity index (χ0v) is 18.0. The first-order chi connectivity index (χ1) is 14.2. The number of rotatable bonds is 7. The first kappa shape index (κ1) is 21.5. The third-order valence-electron chi connectivity index (χ3n) is 4.34. The summed E-state index contributed by atoms with van der Waals surface area (Å²) in [6.07, 6.45) is 1.07. The van der Waals surface area contributed by atoms with Crippen molar-refractivity contribution in [1.29, 1.82) is 5.41 Å². The highest BCUT2D eigenvalue weighted by atomic mass is 32.2. The van der Waals surface area contributed by atoms with E-state index < -0.39 is 20.8 Å². The van der Waals surface area contributed by atoms with Gasteiger partial charge in [0.15, 0.2) is 20.8 Å². The smallest absolute Gasteiger partial charge is 0.176 e. The minimum Gasteiger partial charge on any atom is -0.497 e. The summed E-state index contributed by atoms with van der Waals surface area (Å²) in [6, 6.07) is 18.0. The Morgan fingerprint density at radius 2 is 1.80 bits per heavy atom. The Kier molecular flexibility index (Phi) is 6.23. The molecule has 3 aromatic rings. The molecule has 0 spiro atoms. The van der Waals surface area contributed by atoms with Crippen molar-refractivity contribution >= 4 is 37.9 Å². The van der Waals surface area contributed by atoms with Crippen LogP contribution >= 0.6 is 0 Å². The second kappa shape index (κ2) is 8.68. The summed E-state index contributed by atoms with van der Waals surface area (Å²) in [5, 5.41) is 8.52. The fourth-order valence-corrected chi connectivity index (χ4v) is 5.19. The Balaban J connectivity index is 1.93. The van der Waals surface area contributed by atoms with Crippen LogP contribution in [-0.2, 0) is 20.8 Å². The number of methoxy groups -OCH3 is 1. The molecule has 0 aromatic heterocycles. The number of anilines is 2. The summed E-state index contributed by atoms with van der Waals surface area (Å²) < 4.78 is 44.8. The number of nitrogen functional groups attached to an aromatic ring is 1. The zero-order chi connectivity index (χ0) is 21.9. The second-order valence-electron chi connectivity index (χ2n) is 6.50. The first-order valence-corrected chi connectivity index (χ1v) is 11.8. The molecule has 0 aliphatic rings. The van der Waals surface area contributed by atoms with Crippen LogP contribution in [0.4, 0.5) is 11.4 Å². The molecule has 0 saturated heterocycles. The van der Waals surface area contributed by atoms with Gasteiger partial charge in [0.1, 0.15) is 5.75 Å². The number of nitrogens with two attached hydrogens (primary N) is 1. The number of benzene rings is 3. The highest BCUT2D eigenvalue weighted by Gasteiger charge is 2.18. The first-order valence-electron chi connectivity index (χ1n) is 8.81. The van der Waals surface area contributed by atoms with Crippen molar-refractivity contribution < 1.29 is 17.4 Å². The molecule has 9 heteroatoms. The van der Waals surface area contributed by atoms with Gasteiger partial charge in [0.05, 0.1) is 22.6 Å². The van der Waals surface area contributed by atoms with E-state index in [0.717, 1.165) is 6.26 Å². The molecule has 4 N–H and O–H groups in total. The molecule has 0 radical (unpaired) electrons. The molecule has 156 valence electrons. The van der Waals surface area contributed by atoms with Gasteiger partial charge >= 0.3 is 0 Å². The highest BCUT2D eigenvalue weighted by Crippen LogP contribution is 2.25. The third kappa shape index (κ3) is 4.69. The molecule has 1 atom stereocenters. The molecule has 3 rings (SSSR count). The average Bonchev–Trinajstić information content (AvgIpc) is 2.74. The van der Waals surface area contributed by atoms with E-state index in [1.165, 1.54) is 12.1 Å². The van der Waals surface area contributed by atoms with Gasteiger partial charge in [-0.15, -0.1) is 0 Å². The van der Waals surface area contributed by atoms with Crippen molar-refractivity contribution in [3.05, 3.63) is 77.9 Å². The summed E-state index contributed by atoms with van der Waals surface area (Å²) in [5.74, 6) is 0.614. The van der Waals surface area contributed by atoms with Gasteiger partial charge in [0.25, 0.3) is 0 Å². The number of ether oxygens (including phenoxy) is 1. The summed E-state index contributed by atoms with van der Waals surface area (Å²) >= 11 is 0. The van der Waals surface area contributed by atoms with E-state index in [1.807, 2.05) is 0 Å². The molecule has 30 heavy (non-hydrogen) atoms. The van der Waals surface area contributed by atoms with E-state index in [1.54, 1.807) is 61.7 Å². The topological polar surface area (TPSA) is 122 Å². The second-order valence-corrected chi connectivity index (χ2v) is 9.66. The van der Waals surface area contributed by atoms with Gasteiger partial charge in [0, 0.05) is 28.8 Å². The lowest BCUT2D eigenvalue weighted by atomic mass is 10.0. The minimum atomic E-state index is -3.54. The van der Waals surface area contributed by atoms with Crippen molar-refractivity contribution in [2.45, 2.75) is 9.79 Å². The van der Waals surface area contributed by atoms with Crippen LogP contribution in [-0.4, -0.2) is 31.7 Å². The molecule has 3 aromatic carbocycles. The van der Waals surface area contributed by atoms with E-state index in [4.69, 9.17) is 15.9 Å². The molecule has 0 amide bonds. The lowest BCUT2D eigenvalue weighted by Gasteiger charge is -2.13. The van der Waals surface area contributed by atoms with Gasteiger partial charge in [-0.05, 0) is 42.5 Å². The fourth-order valence-electron chi connectivity index (χ4n) is 2.84. The maximum atomic E-state index is 12.8. The Labute approximate surface area is 177 Å². The normalized spacial score (nSPS) is 12.2. The van der Waals surface area contributed by atoms with Crippen LogP contribution in [0.25, 0.3) is 0 Å². The van der Waals surface area contributed by atoms with Gasteiger partial charge in [-0.1, -0.05) is 24.3 Å². The van der Waals surface area contributed by atoms with E-state index in [9.17, 15) is 12.6 Å². The van der Waals surface area contributed by atoms with Crippen molar-refractivity contribution in [3.8, 4) is 5.75 Å². The number of sulfone groups is 1. The summed E-state index contributed by atoms with van der Waals surface area (Å²) in [6.45, 7) is 0. The predicted octanol–water partition coefficient (Wildman–Crippen LogP) is 3.23. The summed E-state index contributed by atoms with van der Waals surface area (Å²) in [5.41, 5.74) is 8.13. The lowest BCUT2D eigenvalue weighted by molar-refractivity contribution is 0.414. The van der Waals surface area contributed by atoms with E-state index in [0.29, 0.717) is 28.3 Å². The molecule has 0 aliphatic carbocycles. The van der Waals surface area contributed by atoms with Crippen LogP contribution in [0.5, 0.6) is 5.75 Å². The largest absolute Gasteiger partial charge is 0.497 e. The maximum absolute atomic E-state index is 12.8. The molecular weight excluding hydrogens is 422 g/mol. The molecule has 0 bridgehead atoms. The minimum absolute atomic E-state index is 0.00405. The number of hydrogen-bond acceptors (Lipinski definition) is 6. The van der Waals surface area contributed by atoms with Gasteiger partial charge in [0.2, 0.25) is 0 Å². The van der Waals surface area contributed by atoms with Gasteiger partial charge in [-0.3, -0.25) is 5.41 Å². The van der Waals surface area contributed by atoms with E-state index >= 15 is 0 Å². The molecule has 1 unspecified atom stereocenters. The summed E-state index contributed by atoms with van der Waals surface area (Å²) in [7, 11) is -3.82. The van der Waals surface area contributed by atoms with Crippen LogP contribution in [0.15, 0.2) is 76.5 Å². The van der Waals surface area contributed by atoms with Crippen molar-refractivity contribution in [3.63, 3.8) is 0 Å². The van der Waals surface area contributed by atoms with Crippen LogP contribution in [0.2, 0.25) is 0 Å². The third-order valence-corrected chi connectivity index (χ3v) is 6.80. The van der Waals surface area contributed by atoms with Gasteiger partial charge in [-0.2, -0.15) is 0 Å². The van der Waals surface area contributed by atoms with Gasteiger partial charge in [-0.25, -0.2) is 12.6 Å². The predicted molar refractivity (Wildman–Crippen MR) is 119 cm³/mol. The van der Waals surface area contributed by atoms with Crippen LogP contribution in [0.1, 0.15) is 11.1 Å². The Morgan fingerprint density at radius 3 is 2.50 bits per heavy atom. The quantitative estimate of drug-likeness (QED) is 0.382. The van der Waals surface area contributed by atoms with E-state index in [-0.39, 0.29) is 15.5 Å².